The van der Waals surface area contributed by atoms with Gasteiger partial charge in [-0.2, -0.15) is 0 Å². The highest BCUT2D eigenvalue weighted by atomic mass is 14.1. The summed E-state index contributed by atoms with van der Waals surface area (Å²) in [4.78, 5) is 0. The lowest BCUT2D eigenvalue weighted by molar-refractivity contribution is 0.524. The highest BCUT2D eigenvalue weighted by Crippen LogP contribution is 2.24. The molecule has 0 nitrogen and oxygen atoms in total. The van der Waals surface area contributed by atoms with E-state index in [2.05, 4.69) is 45.9 Å². The molecule has 0 aliphatic rings. The predicted molar refractivity (Wildman–Crippen MR) is 119 cm³/mol. The molecule has 0 saturated carbocycles. The van der Waals surface area contributed by atoms with Gasteiger partial charge in [-0.05, 0) is 31.7 Å². The van der Waals surface area contributed by atoms with Gasteiger partial charge >= 0.3 is 0 Å². The van der Waals surface area contributed by atoms with Crippen LogP contribution in [-0.4, -0.2) is 0 Å². The fraction of sp³-hybridized carbons (Fsp3) is 0.769. The summed E-state index contributed by atoms with van der Waals surface area (Å²) in [5.74, 6) is 0.714. The highest BCUT2D eigenvalue weighted by Gasteiger charge is 2.06. The van der Waals surface area contributed by atoms with E-state index in [1.165, 1.54) is 113 Å². The van der Waals surface area contributed by atoms with Crippen molar-refractivity contribution >= 4 is 0 Å². The maximum Gasteiger partial charge on any atom is -0.0190 e. The molecule has 0 bridgehead atoms. The fourth-order valence-electron chi connectivity index (χ4n) is 4.11. The second-order valence-corrected chi connectivity index (χ2v) is 8.71. The monoisotopic (exact) mass is 358 g/mol. The third-order valence-corrected chi connectivity index (χ3v) is 5.80. The van der Waals surface area contributed by atoms with Crippen LogP contribution < -0.4 is 0 Å². The molecule has 0 N–H and O–H groups in total. The molecule has 0 aromatic heterocycles. The van der Waals surface area contributed by atoms with Gasteiger partial charge in [-0.1, -0.05) is 133 Å². The summed E-state index contributed by atoms with van der Waals surface area (Å²) in [6.07, 6.45) is 21.6. The normalized spacial score (nSPS) is 12.5. The highest BCUT2D eigenvalue weighted by molar-refractivity contribution is 5.30. The Morgan fingerprint density at radius 1 is 0.577 bits per heavy atom. The minimum absolute atomic E-state index is 0.714. The van der Waals surface area contributed by atoms with E-state index in [1.54, 1.807) is 0 Å². The van der Waals surface area contributed by atoms with Crippen LogP contribution in [0.1, 0.15) is 133 Å². The Labute approximate surface area is 165 Å². The average Bonchev–Trinajstić information content (AvgIpc) is 2.61. The van der Waals surface area contributed by atoms with Gasteiger partial charge in [0.05, 0.1) is 0 Å². The van der Waals surface area contributed by atoms with Gasteiger partial charge in [0.15, 0.2) is 0 Å². The molecule has 0 heteroatoms. The van der Waals surface area contributed by atoms with Gasteiger partial charge in [0.1, 0.15) is 0 Å². The first-order valence-electron chi connectivity index (χ1n) is 11.7. The van der Waals surface area contributed by atoms with Crippen LogP contribution >= 0.6 is 0 Å². The van der Waals surface area contributed by atoms with Crippen LogP contribution in [-0.2, 0) is 0 Å². The summed E-state index contributed by atoms with van der Waals surface area (Å²) >= 11 is 0. The van der Waals surface area contributed by atoms with Crippen LogP contribution in [0.2, 0.25) is 0 Å². The number of hydrogen-bond acceptors (Lipinski definition) is 0. The molecule has 1 unspecified atom stereocenters. The zero-order valence-corrected chi connectivity index (χ0v) is 18.4. The van der Waals surface area contributed by atoms with E-state index in [0.717, 1.165) is 0 Å². The molecule has 0 amide bonds. The summed E-state index contributed by atoms with van der Waals surface area (Å²) in [6.45, 7) is 9.13. The lowest BCUT2D eigenvalue weighted by Gasteiger charge is -2.13. The van der Waals surface area contributed by atoms with E-state index in [-0.39, 0.29) is 0 Å². The molecule has 0 fully saturated rings. The molecule has 0 spiro atoms. The Morgan fingerprint density at radius 2 is 0.962 bits per heavy atom. The number of aryl methyl sites for hydroxylation is 2. The number of hydrogen-bond donors (Lipinski definition) is 0. The minimum atomic E-state index is 0.714. The maximum absolute atomic E-state index is 2.40. The van der Waals surface area contributed by atoms with Gasteiger partial charge in [-0.3, -0.25) is 0 Å². The standard InChI is InChI=1S/C26H46/c1-5-6-7-8-9-10-11-12-13-14-15-16-17-18-19-25(4)26-21-23(2)20-24(3)22-26/h20-22,25H,5-19H2,1-4H3. The van der Waals surface area contributed by atoms with E-state index in [4.69, 9.17) is 0 Å². The molecule has 1 atom stereocenters. The van der Waals surface area contributed by atoms with Gasteiger partial charge in [0.2, 0.25) is 0 Å². The zero-order chi connectivity index (χ0) is 19.0. The molecule has 1 aromatic carbocycles. The molecule has 1 aromatic rings. The van der Waals surface area contributed by atoms with Crippen molar-refractivity contribution in [3.63, 3.8) is 0 Å². The Hall–Kier alpha value is -0.780. The first-order chi connectivity index (χ1) is 12.6. The van der Waals surface area contributed by atoms with Crippen molar-refractivity contribution in [3.05, 3.63) is 34.9 Å². The summed E-state index contributed by atoms with van der Waals surface area (Å²) in [5.41, 5.74) is 4.36. The van der Waals surface area contributed by atoms with Gasteiger partial charge in [0, 0.05) is 0 Å². The zero-order valence-electron chi connectivity index (χ0n) is 18.4. The van der Waals surface area contributed by atoms with Crippen LogP contribution in [0.5, 0.6) is 0 Å². The minimum Gasteiger partial charge on any atom is -0.0654 e. The van der Waals surface area contributed by atoms with Crippen LogP contribution in [0.3, 0.4) is 0 Å². The SMILES string of the molecule is CCCCCCCCCCCCCCCCC(C)c1cc(C)cc(C)c1. The maximum atomic E-state index is 2.40. The van der Waals surface area contributed by atoms with Crippen molar-refractivity contribution in [2.24, 2.45) is 0 Å². The van der Waals surface area contributed by atoms with Gasteiger partial charge in [-0.15, -0.1) is 0 Å². The van der Waals surface area contributed by atoms with Crippen LogP contribution in [0.15, 0.2) is 18.2 Å². The van der Waals surface area contributed by atoms with Gasteiger partial charge < -0.3 is 0 Å². The fourth-order valence-corrected chi connectivity index (χ4v) is 4.11. The molecule has 26 heavy (non-hydrogen) atoms. The molecular formula is C26H46. The van der Waals surface area contributed by atoms with Crippen molar-refractivity contribution < 1.29 is 0 Å². The molecule has 0 saturated heterocycles. The van der Waals surface area contributed by atoms with Gasteiger partial charge in [0.25, 0.3) is 0 Å². The first kappa shape index (κ1) is 23.3. The van der Waals surface area contributed by atoms with Gasteiger partial charge in [-0.25, -0.2) is 0 Å². The average molecular weight is 359 g/mol. The Morgan fingerprint density at radius 3 is 1.38 bits per heavy atom. The summed E-state index contributed by atoms with van der Waals surface area (Å²) in [5, 5.41) is 0. The Balaban J connectivity index is 1.90. The van der Waals surface area contributed by atoms with Crippen molar-refractivity contribution in [3.8, 4) is 0 Å². The molecule has 1 rings (SSSR count). The van der Waals surface area contributed by atoms with E-state index in [9.17, 15) is 0 Å². The quantitative estimate of drug-likeness (QED) is 0.258. The van der Waals surface area contributed by atoms with Crippen LogP contribution in [0.25, 0.3) is 0 Å². The molecular weight excluding hydrogens is 312 g/mol. The van der Waals surface area contributed by atoms with Crippen molar-refractivity contribution in [1.29, 1.82) is 0 Å². The van der Waals surface area contributed by atoms with E-state index >= 15 is 0 Å². The third kappa shape index (κ3) is 11.8. The van der Waals surface area contributed by atoms with E-state index < -0.39 is 0 Å². The third-order valence-electron chi connectivity index (χ3n) is 5.80. The van der Waals surface area contributed by atoms with Crippen LogP contribution in [0.4, 0.5) is 0 Å². The van der Waals surface area contributed by atoms with Crippen LogP contribution in [0, 0.1) is 13.8 Å². The molecule has 0 heterocycles. The first-order valence-corrected chi connectivity index (χ1v) is 11.7. The smallest absolute Gasteiger partial charge is 0.0190 e. The molecule has 0 aliphatic carbocycles. The van der Waals surface area contributed by atoms with E-state index in [1.807, 2.05) is 0 Å². The largest absolute Gasteiger partial charge is 0.0654 e. The van der Waals surface area contributed by atoms with Crippen molar-refractivity contribution in [2.45, 2.75) is 130 Å². The van der Waals surface area contributed by atoms with Crippen molar-refractivity contribution in [1.82, 2.24) is 0 Å². The Bertz CT molecular complexity index is 425. The number of benzene rings is 1. The summed E-state index contributed by atoms with van der Waals surface area (Å²) in [6, 6.07) is 7.03. The second kappa shape index (κ2) is 15.3. The topological polar surface area (TPSA) is 0 Å². The molecule has 150 valence electrons. The molecule has 0 aliphatic heterocycles. The molecule has 0 radical (unpaired) electrons. The summed E-state index contributed by atoms with van der Waals surface area (Å²) < 4.78 is 0. The van der Waals surface area contributed by atoms with E-state index in [0.29, 0.717) is 5.92 Å². The second-order valence-electron chi connectivity index (χ2n) is 8.71. The lowest BCUT2D eigenvalue weighted by atomic mass is 9.92. The Kier molecular flexibility index (Phi) is 13.7. The number of rotatable bonds is 16. The number of unbranched alkanes of at least 4 members (excludes halogenated alkanes) is 13. The predicted octanol–water partition coefficient (Wildman–Crippen LogP) is 9.28. The lowest BCUT2D eigenvalue weighted by Crippen LogP contribution is -1.95. The van der Waals surface area contributed by atoms with Crippen molar-refractivity contribution in [2.75, 3.05) is 0 Å². The summed E-state index contributed by atoms with van der Waals surface area (Å²) in [7, 11) is 0.